The van der Waals surface area contributed by atoms with Gasteiger partial charge in [0, 0.05) is 31.0 Å². The summed E-state index contributed by atoms with van der Waals surface area (Å²) in [6.07, 6.45) is 2.09. The van der Waals surface area contributed by atoms with Gasteiger partial charge in [-0.05, 0) is 30.5 Å². The topological polar surface area (TPSA) is 67.6 Å². The van der Waals surface area contributed by atoms with E-state index in [1.807, 2.05) is 18.2 Å². The Morgan fingerprint density at radius 3 is 2.81 bits per heavy atom. The molecular formula is C14H21Cl2N3O2. The van der Waals surface area contributed by atoms with Crippen molar-refractivity contribution in [3.63, 3.8) is 0 Å². The van der Waals surface area contributed by atoms with E-state index in [0.717, 1.165) is 49.4 Å². The minimum atomic E-state index is 0. The second kappa shape index (κ2) is 7.84. The van der Waals surface area contributed by atoms with Gasteiger partial charge in [0.2, 0.25) is 0 Å². The van der Waals surface area contributed by atoms with Crippen LogP contribution in [0, 0.1) is 0 Å². The van der Waals surface area contributed by atoms with Crippen LogP contribution in [0.2, 0.25) is 0 Å². The smallest absolute Gasteiger partial charge is 0.252 e. The first kappa shape index (κ1) is 18.0. The number of hydrogen-bond donors (Lipinski definition) is 2. The van der Waals surface area contributed by atoms with Gasteiger partial charge in [0.1, 0.15) is 6.61 Å². The maximum absolute atomic E-state index is 12.3. The van der Waals surface area contributed by atoms with Crippen molar-refractivity contribution in [1.29, 1.82) is 0 Å². The number of ether oxygens (including phenoxy) is 1. The number of carbonyl (C=O) groups is 1. The van der Waals surface area contributed by atoms with Gasteiger partial charge in [-0.25, -0.2) is 0 Å². The number of nitrogens with two attached hydrogens (primary N) is 1. The molecule has 1 aromatic carbocycles. The summed E-state index contributed by atoms with van der Waals surface area (Å²) in [4.78, 5) is 14.1. The molecule has 1 amide bonds. The molecule has 1 fully saturated rings. The highest BCUT2D eigenvalue weighted by atomic mass is 35.5. The lowest BCUT2D eigenvalue weighted by Gasteiger charge is -2.32. The number of hydrogen-bond acceptors (Lipinski definition) is 4. The minimum Gasteiger partial charge on any atom is -0.398 e. The van der Waals surface area contributed by atoms with E-state index in [1.165, 1.54) is 0 Å². The number of benzene rings is 1. The average molecular weight is 334 g/mol. The first-order valence-corrected chi connectivity index (χ1v) is 6.76. The van der Waals surface area contributed by atoms with Gasteiger partial charge in [-0.1, -0.05) is 6.07 Å². The fourth-order valence-corrected chi connectivity index (χ4v) is 2.56. The molecule has 1 saturated heterocycles. The molecule has 0 saturated carbocycles. The number of nitrogens with zero attached hydrogens (tertiary/aromatic N) is 1. The van der Waals surface area contributed by atoms with Gasteiger partial charge >= 0.3 is 0 Å². The lowest BCUT2D eigenvalue weighted by atomic mass is 10.00. The molecular weight excluding hydrogens is 313 g/mol. The van der Waals surface area contributed by atoms with Crippen molar-refractivity contribution in [2.45, 2.75) is 18.9 Å². The van der Waals surface area contributed by atoms with Gasteiger partial charge < -0.3 is 20.7 Å². The molecule has 118 valence electrons. The molecule has 0 unspecified atom stereocenters. The zero-order chi connectivity index (χ0) is 13.2. The molecule has 3 rings (SSSR count). The predicted octanol–water partition coefficient (Wildman–Crippen LogP) is 1.38. The summed E-state index contributed by atoms with van der Waals surface area (Å²) in [6, 6.07) is 5.76. The van der Waals surface area contributed by atoms with Gasteiger partial charge in [-0.2, -0.15) is 0 Å². The first-order chi connectivity index (χ1) is 9.25. The molecule has 0 atom stereocenters. The molecule has 2 aliphatic rings. The Kier molecular flexibility index (Phi) is 6.74. The van der Waals surface area contributed by atoms with Crippen molar-refractivity contribution in [1.82, 2.24) is 5.32 Å². The van der Waals surface area contributed by atoms with Crippen LogP contribution in [0.1, 0.15) is 12.0 Å². The van der Waals surface area contributed by atoms with Crippen molar-refractivity contribution in [2.75, 3.05) is 36.9 Å². The zero-order valence-corrected chi connectivity index (χ0v) is 13.3. The van der Waals surface area contributed by atoms with Crippen LogP contribution >= 0.6 is 24.8 Å². The number of rotatable bonds is 3. The molecule has 0 aromatic heterocycles. The fourth-order valence-electron chi connectivity index (χ4n) is 2.56. The number of nitrogen functional groups attached to an aromatic ring is 1. The Bertz CT molecular complexity index is 495. The van der Waals surface area contributed by atoms with Gasteiger partial charge in [-0.15, -0.1) is 24.8 Å². The molecule has 0 spiro atoms. The molecule has 0 bridgehead atoms. The third-order valence-corrected chi connectivity index (χ3v) is 3.77. The van der Waals surface area contributed by atoms with Crippen LogP contribution in [0.25, 0.3) is 0 Å². The molecule has 0 aliphatic carbocycles. The third-order valence-electron chi connectivity index (χ3n) is 3.77. The normalized spacial score (nSPS) is 17.0. The van der Waals surface area contributed by atoms with E-state index >= 15 is 0 Å². The van der Waals surface area contributed by atoms with E-state index in [0.29, 0.717) is 0 Å². The predicted molar refractivity (Wildman–Crippen MR) is 88.6 cm³/mol. The molecule has 7 heteroatoms. The Morgan fingerprint density at radius 1 is 1.38 bits per heavy atom. The number of fused-ring (bicyclic) bond motifs is 1. The number of nitrogens with one attached hydrogen (secondary N) is 1. The van der Waals surface area contributed by atoms with Crippen molar-refractivity contribution < 1.29 is 9.53 Å². The Balaban J connectivity index is 0.00000110. The van der Waals surface area contributed by atoms with E-state index in [2.05, 4.69) is 5.32 Å². The van der Waals surface area contributed by atoms with Crippen LogP contribution < -0.4 is 16.0 Å². The number of amides is 1. The second-order valence-corrected chi connectivity index (χ2v) is 5.09. The molecule has 3 N–H and O–H groups in total. The van der Waals surface area contributed by atoms with Crippen molar-refractivity contribution >= 4 is 42.1 Å². The van der Waals surface area contributed by atoms with Gasteiger partial charge in [0.05, 0.1) is 6.10 Å². The lowest BCUT2D eigenvalue weighted by molar-refractivity contribution is -0.126. The molecule has 21 heavy (non-hydrogen) atoms. The Labute approximate surface area is 137 Å². The van der Waals surface area contributed by atoms with Crippen LogP contribution in [0.4, 0.5) is 11.4 Å². The summed E-state index contributed by atoms with van der Waals surface area (Å²) in [7, 11) is 0. The molecule has 5 nitrogen and oxygen atoms in total. The van der Waals surface area contributed by atoms with Gasteiger partial charge in [0.25, 0.3) is 5.91 Å². The van der Waals surface area contributed by atoms with Crippen molar-refractivity contribution in [2.24, 2.45) is 0 Å². The molecule has 1 aromatic rings. The monoisotopic (exact) mass is 333 g/mol. The molecule has 0 radical (unpaired) electrons. The van der Waals surface area contributed by atoms with Gasteiger partial charge in [0.15, 0.2) is 0 Å². The quantitative estimate of drug-likeness (QED) is 0.820. The maximum Gasteiger partial charge on any atom is 0.252 e. The Morgan fingerprint density at radius 2 is 2.14 bits per heavy atom. The van der Waals surface area contributed by atoms with Crippen LogP contribution in [-0.2, 0) is 16.0 Å². The Hall–Kier alpha value is -1.01. The minimum absolute atomic E-state index is 0. The fraction of sp³-hybridized carbons (Fsp3) is 0.500. The SMILES string of the molecule is Cl.Cl.Nc1cccc2c1CCCN2C(=O)COC1CNC1. The summed E-state index contributed by atoms with van der Waals surface area (Å²) in [5.41, 5.74) is 8.80. The van der Waals surface area contributed by atoms with Crippen LogP contribution in [0.5, 0.6) is 0 Å². The molecule has 2 aliphatic heterocycles. The van der Waals surface area contributed by atoms with E-state index < -0.39 is 0 Å². The van der Waals surface area contributed by atoms with E-state index in [9.17, 15) is 4.79 Å². The van der Waals surface area contributed by atoms with E-state index in [1.54, 1.807) is 4.90 Å². The van der Waals surface area contributed by atoms with Crippen LogP contribution in [0.15, 0.2) is 18.2 Å². The summed E-state index contributed by atoms with van der Waals surface area (Å²) in [5.74, 6) is 0.0263. The van der Waals surface area contributed by atoms with Crippen molar-refractivity contribution in [3.8, 4) is 0 Å². The largest absolute Gasteiger partial charge is 0.398 e. The van der Waals surface area contributed by atoms with E-state index in [-0.39, 0.29) is 43.4 Å². The van der Waals surface area contributed by atoms with E-state index in [4.69, 9.17) is 10.5 Å². The summed E-state index contributed by atoms with van der Waals surface area (Å²) < 4.78 is 5.55. The lowest BCUT2D eigenvalue weighted by Crippen LogP contribution is -2.50. The van der Waals surface area contributed by atoms with Crippen LogP contribution in [-0.4, -0.2) is 38.3 Å². The van der Waals surface area contributed by atoms with Crippen LogP contribution in [0.3, 0.4) is 0 Å². The number of halogens is 2. The second-order valence-electron chi connectivity index (χ2n) is 5.09. The third kappa shape index (κ3) is 3.80. The number of carbonyl (C=O) groups excluding carboxylic acids is 1. The first-order valence-electron chi connectivity index (χ1n) is 6.76. The molecule has 2 heterocycles. The number of anilines is 2. The maximum atomic E-state index is 12.3. The highest BCUT2D eigenvalue weighted by molar-refractivity contribution is 5.96. The highest BCUT2D eigenvalue weighted by Crippen LogP contribution is 2.31. The van der Waals surface area contributed by atoms with Gasteiger partial charge in [-0.3, -0.25) is 4.79 Å². The zero-order valence-electron chi connectivity index (χ0n) is 11.7. The standard InChI is InChI=1S/C14H19N3O2.2ClH/c15-12-4-1-5-13-11(12)3-2-6-17(13)14(18)9-19-10-7-16-8-10;;/h1,4-5,10,16H,2-3,6-9,15H2;2*1H. The van der Waals surface area contributed by atoms with Crippen molar-refractivity contribution in [3.05, 3.63) is 23.8 Å². The summed E-state index contributed by atoms with van der Waals surface area (Å²) >= 11 is 0. The average Bonchev–Trinajstić information content (AvgIpc) is 2.36. The highest BCUT2D eigenvalue weighted by Gasteiger charge is 2.25. The summed E-state index contributed by atoms with van der Waals surface area (Å²) in [5, 5.41) is 3.12. The summed E-state index contributed by atoms with van der Waals surface area (Å²) in [6.45, 7) is 2.59.